The Morgan fingerprint density at radius 2 is 2.19 bits per heavy atom. The minimum atomic E-state index is -1.23. The van der Waals surface area contributed by atoms with Gasteiger partial charge in [0.1, 0.15) is 16.6 Å². The number of hydrogen-bond acceptors (Lipinski definition) is 10. The molecule has 2 heterocycles. The van der Waals surface area contributed by atoms with Gasteiger partial charge in [0.25, 0.3) is 17.5 Å². The first-order chi connectivity index (χ1) is 14.7. The van der Waals surface area contributed by atoms with E-state index in [9.17, 15) is 24.5 Å². The molecule has 1 aromatic heterocycles. The van der Waals surface area contributed by atoms with Crippen molar-refractivity contribution >= 4 is 74.3 Å². The number of thiazole rings is 1. The molecule has 11 nitrogen and oxygen atoms in total. The lowest BCUT2D eigenvalue weighted by molar-refractivity contribution is -0.384. The number of aliphatic carboxylic acids is 1. The molecule has 1 saturated heterocycles. The number of ether oxygens (including phenoxy) is 1. The van der Waals surface area contributed by atoms with Crippen molar-refractivity contribution in [3.05, 3.63) is 50.4 Å². The predicted octanol–water partition coefficient (Wildman–Crippen LogP) is 2.35. The summed E-state index contributed by atoms with van der Waals surface area (Å²) in [5.41, 5.74) is -0.0982. The molecule has 2 N–H and O–H groups in total. The number of anilines is 1. The van der Waals surface area contributed by atoms with Crippen LogP contribution in [0.3, 0.4) is 0 Å². The molecule has 0 saturated carbocycles. The number of nitro groups is 1. The zero-order valence-corrected chi connectivity index (χ0v) is 17.8. The lowest BCUT2D eigenvalue weighted by atomic mass is 10.1. The highest BCUT2D eigenvalue weighted by atomic mass is 32.2. The van der Waals surface area contributed by atoms with Gasteiger partial charge < -0.3 is 9.84 Å². The summed E-state index contributed by atoms with van der Waals surface area (Å²) in [5, 5.41) is 24.7. The number of thioether (sulfide) groups is 1. The summed E-state index contributed by atoms with van der Waals surface area (Å²) < 4.78 is 5.53. The van der Waals surface area contributed by atoms with Gasteiger partial charge >= 0.3 is 5.97 Å². The molecular formula is C17H12N4O7S3. The first kappa shape index (κ1) is 22.3. The van der Waals surface area contributed by atoms with E-state index in [1.807, 2.05) is 0 Å². The average molecular weight is 481 g/mol. The van der Waals surface area contributed by atoms with E-state index in [1.54, 1.807) is 5.38 Å². The Bertz CT molecular complexity index is 1100. The number of non-ortho nitro benzene ring substituents is 1. The second-order valence-corrected chi connectivity index (χ2v) is 8.39. The summed E-state index contributed by atoms with van der Waals surface area (Å²) in [7, 11) is 0. The number of nitrogens with zero attached hydrogens (tertiary/aromatic N) is 3. The van der Waals surface area contributed by atoms with Crippen molar-refractivity contribution in [1.29, 1.82) is 0 Å². The van der Waals surface area contributed by atoms with E-state index in [1.165, 1.54) is 41.8 Å². The standard InChI is InChI=1S/C17H12N4O7S3/c22-13(19-16-18-3-4-30-16)8-28-11-2-1-10(21(26)27)5-9(11)6-12-15(25)20(7-14(23)24)17(29)31-12/h1-6H,7-8H2,(H,23,24)(H,18,19,22). The summed E-state index contributed by atoms with van der Waals surface area (Å²) in [6.45, 7) is -1.00. The van der Waals surface area contributed by atoms with Gasteiger partial charge in [0, 0.05) is 29.3 Å². The van der Waals surface area contributed by atoms with Crippen LogP contribution in [0.2, 0.25) is 0 Å². The second kappa shape index (κ2) is 9.63. The minimum Gasteiger partial charge on any atom is -0.483 e. The van der Waals surface area contributed by atoms with Crippen LogP contribution in [-0.2, 0) is 14.4 Å². The number of nitrogens with one attached hydrogen (secondary N) is 1. The van der Waals surface area contributed by atoms with Crippen LogP contribution in [-0.4, -0.2) is 55.2 Å². The first-order valence-electron chi connectivity index (χ1n) is 8.32. The van der Waals surface area contributed by atoms with Crippen molar-refractivity contribution in [3.8, 4) is 5.75 Å². The maximum atomic E-state index is 12.5. The van der Waals surface area contributed by atoms with Gasteiger partial charge in [-0.15, -0.1) is 11.3 Å². The quantitative estimate of drug-likeness (QED) is 0.249. The zero-order chi connectivity index (χ0) is 22.5. The van der Waals surface area contributed by atoms with Gasteiger partial charge in [-0.05, 0) is 12.1 Å². The number of aromatic nitrogens is 1. The smallest absolute Gasteiger partial charge is 0.323 e. The third-order valence-electron chi connectivity index (χ3n) is 3.70. The molecule has 1 aliphatic rings. The van der Waals surface area contributed by atoms with Crippen LogP contribution < -0.4 is 10.1 Å². The topological polar surface area (TPSA) is 152 Å². The molecule has 1 aliphatic heterocycles. The molecule has 0 radical (unpaired) electrons. The maximum absolute atomic E-state index is 12.5. The third-order valence-corrected chi connectivity index (χ3v) is 5.76. The molecule has 0 aliphatic carbocycles. The molecule has 3 rings (SSSR count). The largest absolute Gasteiger partial charge is 0.483 e. The molecule has 0 spiro atoms. The molecule has 160 valence electrons. The van der Waals surface area contributed by atoms with Crippen molar-refractivity contribution in [1.82, 2.24) is 9.88 Å². The zero-order valence-electron chi connectivity index (χ0n) is 15.3. The number of carbonyl (C=O) groups excluding carboxylic acids is 2. The fourth-order valence-corrected chi connectivity index (χ4v) is 4.18. The fourth-order valence-electron chi connectivity index (χ4n) is 2.39. The molecule has 2 aromatic rings. The Balaban J connectivity index is 1.83. The number of rotatable bonds is 8. The van der Waals surface area contributed by atoms with Gasteiger partial charge in [-0.2, -0.15) is 0 Å². The normalized spacial score (nSPS) is 14.7. The maximum Gasteiger partial charge on any atom is 0.323 e. The summed E-state index contributed by atoms with van der Waals surface area (Å²) in [4.78, 5) is 50.9. The molecular weight excluding hydrogens is 468 g/mol. The van der Waals surface area contributed by atoms with Crippen LogP contribution in [0.25, 0.3) is 6.08 Å². The van der Waals surface area contributed by atoms with E-state index in [0.29, 0.717) is 5.13 Å². The number of benzene rings is 1. The van der Waals surface area contributed by atoms with E-state index in [-0.39, 0.29) is 26.2 Å². The SMILES string of the molecule is O=C(O)CN1C(=O)C(=Cc2cc([N+](=O)[O-])ccc2OCC(=O)Nc2nccs2)SC1=S. The van der Waals surface area contributed by atoms with Crippen LogP contribution in [0.4, 0.5) is 10.8 Å². The highest BCUT2D eigenvalue weighted by Crippen LogP contribution is 2.35. The van der Waals surface area contributed by atoms with Gasteiger partial charge in [0.15, 0.2) is 11.7 Å². The Labute approximate surface area is 187 Å². The number of carbonyl (C=O) groups is 3. The van der Waals surface area contributed by atoms with Crippen LogP contribution in [0.5, 0.6) is 5.75 Å². The lowest BCUT2D eigenvalue weighted by Gasteiger charge is -2.11. The van der Waals surface area contributed by atoms with Crippen LogP contribution in [0.15, 0.2) is 34.7 Å². The molecule has 0 unspecified atom stereocenters. The van der Waals surface area contributed by atoms with Gasteiger partial charge in [0.2, 0.25) is 0 Å². The molecule has 2 amide bonds. The lowest BCUT2D eigenvalue weighted by Crippen LogP contribution is -2.33. The molecule has 14 heteroatoms. The number of thiocarbonyl (C=S) groups is 1. The van der Waals surface area contributed by atoms with E-state index < -0.39 is 35.9 Å². The first-order valence-corrected chi connectivity index (χ1v) is 10.4. The number of hydrogen-bond donors (Lipinski definition) is 2. The third kappa shape index (κ3) is 5.62. The molecule has 1 fully saturated rings. The second-order valence-electron chi connectivity index (χ2n) is 5.81. The van der Waals surface area contributed by atoms with Crippen LogP contribution >= 0.6 is 35.3 Å². The number of carboxylic acids is 1. The molecule has 31 heavy (non-hydrogen) atoms. The van der Waals surface area contributed by atoms with Gasteiger partial charge in [-0.25, -0.2) is 4.98 Å². The Hall–Kier alpha value is -3.36. The number of nitro benzene ring substituents is 1. The number of amides is 2. The van der Waals surface area contributed by atoms with Crippen molar-refractivity contribution in [2.75, 3.05) is 18.5 Å². The summed E-state index contributed by atoms with van der Waals surface area (Å²) in [5.74, 6) is -2.25. The van der Waals surface area contributed by atoms with E-state index >= 15 is 0 Å². The number of carboxylic acid groups (broad SMARTS) is 1. The Morgan fingerprint density at radius 1 is 1.42 bits per heavy atom. The van der Waals surface area contributed by atoms with Gasteiger partial charge in [-0.3, -0.25) is 34.7 Å². The van der Waals surface area contributed by atoms with E-state index in [0.717, 1.165) is 16.7 Å². The van der Waals surface area contributed by atoms with Crippen molar-refractivity contribution < 1.29 is 29.2 Å². The van der Waals surface area contributed by atoms with E-state index in [2.05, 4.69) is 10.3 Å². The van der Waals surface area contributed by atoms with Gasteiger partial charge in [0.05, 0.1) is 9.83 Å². The Morgan fingerprint density at radius 3 is 2.84 bits per heavy atom. The minimum absolute atomic E-state index is 0.0503. The van der Waals surface area contributed by atoms with Crippen LogP contribution in [0, 0.1) is 10.1 Å². The fraction of sp³-hybridized carbons (Fsp3) is 0.118. The Kier molecular flexibility index (Phi) is 6.94. The monoisotopic (exact) mass is 480 g/mol. The summed E-state index contributed by atoms with van der Waals surface area (Å²) in [6, 6.07) is 3.68. The van der Waals surface area contributed by atoms with Crippen molar-refractivity contribution in [3.63, 3.8) is 0 Å². The van der Waals surface area contributed by atoms with Gasteiger partial charge in [-0.1, -0.05) is 24.0 Å². The average Bonchev–Trinajstić information content (AvgIpc) is 3.30. The van der Waals surface area contributed by atoms with Crippen LogP contribution in [0.1, 0.15) is 5.56 Å². The molecule has 0 atom stereocenters. The summed E-state index contributed by atoms with van der Waals surface area (Å²) in [6.07, 6.45) is 2.83. The van der Waals surface area contributed by atoms with Crippen molar-refractivity contribution in [2.45, 2.75) is 0 Å². The highest BCUT2D eigenvalue weighted by molar-refractivity contribution is 8.26. The summed E-state index contributed by atoms with van der Waals surface area (Å²) >= 11 is 7.12. The van der Waals surface area contributed by atoms with E-state index in [4.69, 9.17) is 22.1 Å². The van der Waals surface area contributed by atoms with Crippen molar-refractivity contribution in [2.24, 2.45) is 0 Å². The highest BCUT2D eigenvalue weighted by Gasteiger charge is 2.33. The molecule has 1 aromatic carbocycles. The predicted molar refractivity (Wildman–Crippen MR) is 117 cm³/mol. The molecule has 0 bridgehead atoms.